The standard InChI is InChI=1S/C11H25AsF2/c1-5-6-7-8-9-10-12(13,14)11(2,3)4/h12H,5-10H2,1-4H3. The number of hydrogen-bond donors (Lipinski definition) is 0. The summed E-state index contributed by atoms with van der Waals surface area (Å²) in [5.74, 6) is 0. The molecule has 0 unspecified atom stereocenters. The van der Waals surface area contributed by atoms with Gasteiger partial charge in [-0.2, -0.15) is 0 Å². The Morgan fingerprint density at radius 1 is 0.929 bits per heavy atom. The van der Waals surface area contributed by atoms with E-state index in [0.29, 0.717) is 0 Å². The summed E-state index contributed by atoms with van der Waals surface area (Å²) in [4.78, 5) is 0. The summed E-state index contributed by atoms with van der Waals surface area (Å²) in [6.45, 7) is 7.22. The molecule has 0 aliphatic heterocycles. The van der Waals surface area contributed by atoms with Crippen LogP contribution in [0.2, 0.25) is 9.41 Å². The van der Waals surface area contributed by atoms with Crippen LogP contribution in [0.15, 0.2) is 0 Å². The van der Waals surface area contributed by atoms with Crippen LogP contribution >= 0.6 is 0 Å². The predicted octanol–water partition coefficient (Wildman–Crippen LogP) is 4.87. The Hall–Kier alpha value is 0.418. The Morgan fingerprint density at radius 2 is 1.43 bits per heavy atom. The van der Waals surface area contributed by atoms with Crippen LogP contribution in [0.1, 0.15) is 59.8 Å². The molecule has 0 N–H and O–H groups in total. The van der Waals surface area contributed by atoms with E-state index >= 15 is 0 Å². The molecule has 0 rings (SSSR count). The predicted molar refractivity (Wildman–Crippen MR) is 62.6 cm³/mol. The summed E-state index contributed by atoms with van der Waals surface area (Å²) >= 11 is -4.47. The molecular formula is C11H25AsF2. The summed E-state index contributed by atoms with van der Waals surface area (Å²) < 4.78 is 26.6. The molecule has 88 valence electrons. The molecule has 0 aliphatic rings. The average Bonchev–Trinajstić information content (AvgIpc) is 2.02. The third kappa shape index (κ3) is 5.34. The fourth-order valence-electron chi connectivity index (χ4n) is 1.33. The Labute approximate surface area is 90.9 Å². The molecule has 0 heterocycles. The van der Waals surface area contributed by atoms with Gasteiger partial charge in [0.2, 0.25) is 0 Å². The number of halogens is 2. The number of unbranched alkanes of at least 4 members (excludes halogenated alkanes) is 4. The van der Waals surface area contributed by atoms with Crippen molar-refractivity contribution in [3.63, 3.8) is 0 Å². The van der Waals surface area contributed by atoms with Crippen molar-refractivity contribution in [2.45, 2.75) is 69.2 Å². The van der Waals surface area contributed by atoms with Crippen molar-refractivity contribution in [2.75, 3.05) is 0 Å². The van der Waals surface area contributed by atoms with Gasteiger partial charge in [-0.05, 0) is 0 Å². The van der Waals surface area contributed by atoms with Crippen molar-refractivity contribution in [1.29, 1.82) is 0 Å². The zero-order valence-corrected chi connectivity index (χ0v) is 12.1. The topological polar surface area (TPSA) is 0 Å². The van der Waals surface area contributed by atoms with Gasteiger partial charge in [-0.25, -0.2) is 0 Å². The second-order valence-electron chi connectivity index (χ2n) is 5.12. The molecule has 3 heteroatoms. The van der Waals surface area contributed by atoms with Gasteiger partial charge < -0.3 is 0 Å². The SMILES string of the molecule is CCCCCCC[AsH](F)(F)C(C)(C)C. The van der Waals surface area contributed by atoms with Crippen molar-refractivity contribution in [3.8, 4) is 0 Å². The summed E-state index contributed by atoms with van der Waals surface area (Å²) in [6, 6.07) is 0. The van der Waals surface area contributed by atoms with Gasteiger partial charge in [-0.15, -0.1) is 0 Å². The van der Waals surface area contributed by atoms with Crippen LogP contribution in [0.5, 0.6) is 0 Å². The monoisotopic (exact) mass is 270 g/mol. The first-order valence-corrected chi connectivity index (χ1v) is 9.81. The van der Waals surface area contributed by atoms with Gasteiger partial charge in [-0.1, -0.05) is 0 Å². The van der Waals surface area contributed by atoms with Crippen LogP contribution in [0.4, 0.5) is 6.93 Å². The molecule has 0 radical (unpaired) electrons. The Balaban J connectivity index is 3.67. The van der Waals surface area contributed by atoms with Crippen molar-refractivity contribution >= 4 is 14.5 Å². The molecule has 0 nitrogen and oxygen atoms in total. The number of hydrogen-bond acceptors (Lipinski definition) is 0. The first-order chi connectivity index (χ1) is 6.31. The minimum atomic E-state index is -4.47. The normalized spacial score (nSPS) is 14.4. The first kappa shape index (κ1) is 14.4. The summed E-state index contributed by atoms with van der Waals surface area (Å²) in [5.41, 5.74) is 0. The van der Waals surface area contributed by atoms with Crippen LogP contribution in [0.25, 0.3) is 0 Å². The van der Waals surface area contributed by atoms with E-state index in [-0.39, 0.29) is 5.21 Å². The Morgan fingerprint density at radius 3 is 1.86 bits per heavy atom. The molecule has 0 aromatic heterocycles. The van der Waals surface area contributed by atoms with Crippen molar-refractivity contribution in [1.82, 2.24) is 0 Å². The van der Waals surface area contributed by atoms with E-state index in [9.17, 15) is 6.93 Å². The molecule has 0 bridgehead atoms. The first-order valence-electron chi connectivity index (χ1n) is 5.69. The third-order valence-corrected chi connectivity index (χ3v) is 9.36. The van der Waals surface area contributed by atoms with Gasteiger partial charge in [0.15, 0.2) is 0 Å². The van der Waals surface area contributed by atoms with Crippen molar-refractivity contribution in [2.24, 2.45) is 0 Å². The van der Waals surface area contributed by atoms with Crippen molar-refractivity contribution in [3.05, 3.63) is 0 Å². The van der Waals surface area contributed by atoms with Crippen LogP contribution in [0.3, 0.4) is 0 Å². The summed E-state index contributed by atoms with van der Waals surface area (Å²) in [7, 11) is 0. The summed E-state index contributed by atoms with van der Waals surface area (Å²) in [6.07, 6.45) is 5.22. The Bertz CT molecular complexity index is 150. The van der Waals surface area contributed by atoms with Crippen LogP contribution in [0, 0.1) is 0 Å². The van der Waals surface area contributed by atoms with Crippen LogP contribution in [-0.2, 0) is 0 Å². The molecule has 0 spiro atoms. The van der Waals surface area contributed by atoms with E-state index < -0.39 is 18.7 Å². The van der Waals surface area contributed by atoms with E-state index in [0.717, 1.165) is 19.3 Å². The van der Waals surface area contributed by atoms with Crippen LogP contribution in [-0.4, -0.2) is 14.5 Å². The van der Waals surface area contributed by atoms with E-state index in [1.807, 2.05) is 0 Å². The van der Waals surface area contributed by atoms with Gasteiger partial charge >= 0.3 is 90.6 Å². The van der Waals surface area contributed by atoms with Crippen LogP contribution < -0.4 is 0 Å². The average molecular weight is 270 g/mol. The molecule has 14 heavy (non-hydrogen) atoms. The fraction of sp³-hybridized carbons (Fsp3) is 1.00. The van der Waals surface area contributed by atoms with E-state index in [2.05, 4.69) is 6.92 Å². The second kappa shape index (κ2) is 6.10. The quantitative estimate of drug-likeness (QED) is 0.477. The molecule has 0 saturated heterocycles. The maximum absolute atomic E-state index is 13.6. The van der Waals surface area contributed by atoms with Crippen molar-refractivity contribution < 1.29 is 6.93 Å². The van der Waals surface area contributed by atoms with E-state index in [4.69, 9.17) is 0 Å². The zero-order valence-electron chi connectivity index (χ0n) is 10.00. The maximum atomic E-state index is 13.6. The van der Waals surface area contributed by atoms with Gasteiger partial charge in [-0.3, -0.25) is 0 Å². The molecule has 0 aromatic carbocycles. The molecule has 0 amide bonds. The van der Waals surface area contributed by atoms with Gasteiger partial charge in [0, 0.05) is 0 Å². The second-order valence-corrected chi connectivity index (χ2v) is 12.3. The molecule has 0 aliphatic carbocycles. The summed E-state index contributed by atoms with van der Waals surface area (Å²) in [5, 5.41) is 0.229. The molecule has 0 aromatic rings. The third-order valence-electron chi connectivity index (χ3n) is 2.69. The van der Waals surface area contributed by atoms with E-state index in [1.54, 1.807) is 20.8 Å². The Kier molecular flexibility index (Phi) is 6.28. The number of rotatable bonds is 6. The van der Waals surface area contributed by atoms with Gasteiger partial charge in [0.1, 0.15) is 0 Å². The van der Waals surface area contributed by atoms with E-state index in [1.165, 1.54) is 12.8 Å². The van der Waals surface area contributed by atoms with Gasteiger partial charge in [0.25, 0.3) is 0 Å². The minimum absolute atomic E-state index is 0.229. The molecule has 0 saturated carbocycles. The fourth-order valence-corrected chi connectivity index (χ4v) is 4.36. The van der Waals surface area contributed by atoms with Gasteiger partial charge in [0.05, 0.1) is 0 Å². The zero-order chi connectivity index (χ0) is 11.2. The molecule has 0 fully saturated rings. The molecular weight excluding hydrogens is 245 g/mol. The molecule has 0 atom stereocenters.